The largest absolute Gasteiger partial charge is 0.493 e. The number of amides is 1. The number of piperazine rings is 1. The molecule has 0 radical (unpaired) electrons. The summed E-state index contributed by atoms with van der Waals surface area (Å²) in [5, 5.41) is 7.26. The molecule has 1 saturated heterocycles. The Balaban J connectivity index is 1.36. The van der Waals surface area contributed by atoms with Gasteiger partial charge >= 0.3 is 6.18 Å². The summed E-state index contributed by atoms with van der Waals surface area (Å²) in [6.45, 7) is 2.18. The number of alkyl halides is 3. The summed E-state index contributed by atoms with van der Waals surface area (Å²) in [5.41, 5.74) is 1.69. The molecule has 2 aliphatic heterocycles. The van der Waals surface area contributed by atoms with Crippen molar-refractivity contribution in [2.75, 3.05) is 50.6 Å². The van der Waals surface area contributed by atoms with Crippen LogP contribution in [0.25, 0.3) is 0 Å². The van der Waals surface area contributed by atoms with Crippen molar-refractivity contribution in [1.29, 1.82) is 0 Å². The summed E-state index contributed by atoms with van der Waals surface area (Å²) in [4.78, 5) is 17.0. The van der Waals surface area contributed by atoms with Crippen molar-refractivity contribution in [2.45, 2.75) is 24.7 Å². The molecule has 1 amide bonds. The maximum atomic E-state index is 14.1. The maximum Gasteiger partial charge on any atom is 0.410 e. The van der Waals surface area contributed by atoms with E-state index < -0.39 is 18.3 Å². The third-order valence-corrected chi connectivity index (χ3v) is 6.91. The highest BCUT2D eigenvalue weighted by atomic mass is 19.4. The zero-order chi connectivity index (χ0) is 26.2. The first kappa shape index (κ1) is 24.8. The van der Waals surface area contributed by atoms with Crippen LogP contribution in [0, 0.1) is 0 Å². The molecular formula is C26H28F3N5O3. The normalized spacial score (nSPS) is 19.7. The van der Waals surface area contributed by atoms with E-state index in [0.29, 0.717) is 43.2 Å². The van der Waals surface area contributed by atoms with Gasteiger partial charge in [0.15, 0.2) is 23.2 Å². The average molecular weight is 516 g/mol. The second-order valence-corrected chi connectivity index (χ2v) is 9.08. The quantitative estimate of drug-likeness (QED) is 0.539. The summed E-state index contributed by atoms with van der Waals surface area (Å²) in [6, 6.07) is 13.8. The van der Waals surface area contributed by atoms with E-state index >= 15 is 0 Å². The lowest BCUT2D eigenvalue weighted by Crippen LogP contribution is -2.49. The van der Waals surface area contributed by atoms with Gasteiger partial charge in [-0.05, 0) is 29.8 Å². The van der Waals surface area contributed by atoms with Gasteiger partial charge < -0.3 is 24.6 Å². The first-order valence-electron chi connectivity index (χ1n) is 12.0. The molecule has 3 heterocycles. The molecule has 2 aromatic carbocycles. The van der Waals surface area contributed by atoms with Crippen LogP contribution in [-0.2, 0) is 0 Å². The van der Waals surface area contributed by atoms with Crippen molar-refractivity contribution in [1.82, 2.24) is 14.7 Å². The van der Waals surface area contributed by atoms with Gasteiger partial charge in [-0.25, -0.2) is 4.68 Å². The number of ether oxygens (including phenoxy) is 2. The van der Waals surface area contributed by atoms with Crippen molar-refractivity contribution in [3.63, 3.8) is 0 Å². The monoisotopic (exact) mass is 515 g/mol. The molecule has 0 unspecified atom stereocenters. The number of para-hydroxylation sites is 1. The second kappa shape index (κ2) is 9.87. The van der Waals surface area contributed by atoms with E-state index in [4.69, 9.17) is 9.47 Å². The fourth-order valence-electron chi connectivity index (χ4n) is 4.93. The predicted octanol–water partition coefficient (Wildman–Crippen LogP) is 4.52. The van der Waals surface area contributed by atoms with Crippen molar-refractivity contribution >= 4 is 17.4 Å². The average Bonchev–Trinajstić information content (AvgIpc) is 3.36. The van der Waals surface area contributed by atoms with E-state index in [1.807, 2.05) is 30.3 Å². The van der Waals surface area contributed by atoms with Crippen LogP contribution in [0.4, 0.5) is 24.7 Å². The van der Waals surface area contributed by atoms with Crippen LogP contribution in [-0.4, -0.2) is 67.2 Å². The molecule has 5 rings (SSSR count). The summed E-state index contributed by atoms with van der Waals surface area (Å²) >= 11 is 0. The van der Waals surface area contributed by atoms with Crippen LogP contribution in [0.2, 0.25) is 0 Å². The topological polar surface area (TPSA) is 71.9 Å². The van der Waals surface area contributed by atoms with Crippen LogP contribution < -0.4 is 19.7 Å². The number of fused-ring (bicyclic) bond motifs is 1. The third-order valence-electron chi connectivity index (χ3n) is 6.91. The third kappa shape index (κ3) is 4.90. The van der Waals surface area contributed by atoms with Gasteiger partial charge in [0.05, 0.1) is 20.3 Å². The Morgan fingerprint density at radius 2 is 1.68 bits per heavy atom. The van der Waals surface area contributed by atoms with E-state index in [9.17, 15) is 18.0 Å². The number of rotatable bonds is 5. The van der Waals surface area contributed by atoms with Crippen LogP contribution in [0.5, 0.6) is 11.5 Å². The predicted molar refractivity (Wildman–Crippen MR) is 132 cm³/mol. The Labute approximate surface area is 212 Å². The molecule has 2 atom stereocenters. The SMILES string of the molecule is COc1ccc([C@H]2C[C@@H](C(F)(F)F)n3nc(C(=O)N4CCN(c5ccccc5)CC4)cc3N2)cc1OC. The van der Waals surface area contributed by atoms with Gasteiger partial charge in [-0.1, -0.05) is 24.3 Å². The molecule has 37 heavy (non-hydrogen) atoms. The zero-order valence-electron chi connectivity index (χ0n) is 20.5. The van der Waals surface area contributed by atoms with Gasteiger partial charge in [0.25, 0.3) is 5.91 Å². The number of aromatic nitrogens is 2. The van der Waals surface area contributed by atoms with Crippen molar-refractivity contribution < 1.29 is 27.4 Å². The standard InChI is InChI=1S/C26H28F3N5O3/c1-36-21-9-8-17(14-22(21)37-2)19-15-23(26(27,28)29)34-24(30-19)16-20(31-34)25(35)33-12-10-32(11-13-33)18-6-4-3-5-7-18/h3-9,14,16,19,23,30H,10-13,15H2,1-2H3/t19-,23+/m1/s1. The number of benzene rings is 2. The lowest BCUT2D eigenvalue weighted by molar-refractivity contribution is -0.173. The first-order chi connectivity index (χ1) is 17.8. The first-order valence-corrected chi connectivity index (χ1v) is 12.0. The molecule has 2 aliphatic rings. The molecule has 1 N–H and O–H groups in total. The summed E-state index contributed by atoms with van der Waals surface area (Å²) in [7, 11) is 2.97. The van der Waals surface area contributed by atoms with Crippen LogP contribution in [0.1, 0.15) is 34.6 Å². The van der Waals surface area contributed by atoms with Crippen molar-refractivity contribution in [2.24, 2.45) is 0 Å². The Bertz CT molecular complexity index is 1260. The minimum atomic E-state index is -4.54. The Hall–Kier alpha value is -3.89. The van der Waals surface area contributed by atoms with Crippen LogP contribution in [0.15, 0.2) is 54.6 Å². The van der Waals surface area contributed by atoms with E-state index in [2.05, 4.69) is 15.3 Å². The second-order valence-electron chi connectivity index (χ2n) is 9.08. The van der Waals surface area contributed by atoms with Crippen molar-refractivity contribution in [3.05, 3.63) is 65.9 Å². The Morgan fingerprint density at radius 3 is 2.32 bits per heavy atom. The molecule has 0 aliphatic carbocycles. The van der Waals surface area contributed by atoms with Gasteiger partial charge in [0.2, 0.25) is 0 Å². The van der Waals surface area contributed by atoms with E-state index in [1.165, 1.54) is 20.3 Å². The molecule has 196 valence electrons. The molecule has 0 saturated carbocycles. The number of nitrogens with one attached hydrogen (secondary N) is 1. The van der Waals surface area contributed by atoms with Crippen molar-refractivity contribution in [3.8, 4) is 11.5 Å². The van der Waals surface area contributed by atoms with Gasteiger partial charge in [-0.2, -0.15) is 18.3 Å². The Morgan fingerprint density at radius 1 is 0.973 bits per heavy atom. The van der Waals surface area contributed by atoms with Gasteiger partial charge in [-0.3, -0.25) is 4.79 Å². The zero-order valence-corrected chi connectivity index (χ0v) is 20.5. The highest BCUT2D eigenvalue weighted by Gasteiger charge is 2.47. The molecule has 8 nitrogen and oxygen atoms in total. The maximum absolute atomic E-state index is 14.1. The molecule has 1 aromatic heterocycles. The number of nitrogens with zero attached hydrogens (tertiary/aromatic N) is 4. The molecule has 0 bridgehead atoms. The number of carbonyl (C=O) groups excluding carboxylic acids is 1. The molecule has 1 fully saturated rings. The number of methoxy groups -OCH3 is 2. The minimum absolute atomic E-state index is 0.00197. The highest BCUT2D eigenvalue weighted by Crippen LogP contribution is 2.44. The number of carbonyl (C=O) groups is 1. The summed E-state index contributed by atoms with van der Waals surface area (Å²) in [5.74, 6) is 0.689. The number of hydrogen-bond acceptors (Lipinski definition) is 6. The molecular weight excluding hydrogens is 487 g/mol. The molecule has 11 heteroatoms. The highest BCUT2D eigenvalue weighted by molar-refractivity contribution is 5.93. The van der Waals surface area contributed by atoms with E-state index in [1.54, 1.807) is 23.1 Å². The fourth-order valence-corrected chi connectivity index (χ4v) is 4.93. The minimum Gasteiger partial charge on any atom is -0.493 e. The van der Waals surface area contributed by atoms with E-state index in [-0.39, 0.29) is 23.8 Å². The number of halogens is 3. The summed E-state index contributed by atoms with van der Waals surface area (Å²) in [6.07, 6.45) is -4.82. The lowest BCUT2D eigenvalue weighted by Gasteiger charge is -2.35. The van der Waals surface area contributed by atoms with Gasteiger partial charge in [-0.15, -0.1) is 0 Å². The van der Waals surface area contributed by atoms with Gasteiger partial charge in [0.1, 0.15) is 5.82 Å². The van der Waals surface area contributed by atoms with Gasteiger partial charge in [0, 0.05) is 44.4 Å². The lowest BCUT2D eigenvalue weighted by atomic mass is 9.96. The number of hydrogen-bond donors (Lipinski definition) is 1. The molecule has 3 aromatic rings. The molecule has 0 spiro atoms. The fraction of sp³-hybridized carbons (Fsp3) is 0.385. The summed E-state index contributed by atoms with van der Waals surface area (Å²) < 4.78 is 53.8. The number of anilines is 2. The Kier molecular flexibility index (Phi) is 6.61. The van der Waals surface area contributed by atoms with Crippen LogP contribution >= 0.6 is 0 Å². The van der Waals surface area contributed by atoms with Crippen LogP contribution in [0.3, 0.4) is 0 Å². The smallest absolute Gasteiger partial charge is 0.410 e. The van der Waals surface area contributed by atoms with E-state index in [0.717, 1.165) is 10.4 Å².